The van der Waals surface area contributed by atoms with Crippen molar-refractivity contribution in [2.75, 3.05) is 11.9 Å². The Hall–Kier alpha value is -2.10. The molecule has 0 aromatic heterocycles. The van der Waals surface area contributed by atoms with E-state index in [1.54, 1.807) is 18.2 Å². The molecule has 106 valence electrons. The second-order valence-electron chi connectivity index (χ2n) is 5.34. The Kier molecular flexibility index (Phi) is 4.56. The van der Waals surface area contributed by atoms with Crippen LogP contribution in [0.5, 0.6) is 0 Å². The number of non-ortho nitro benzene ring substituents is 1. The van der Waals surface area contributed by atoms with Crippen LogP contribution in [-0.2, 0) is 6.42 Å². The first-order valence-corrected chi connectivity index (χ1v) is 6.88. The SMILES string of the molecule is CC(C)=CCCC1=CCc2cc([N+](=O)[O-])ccc2NC1. The van der Waals surface area contributed by atoms with E-state index in [1.165, 1.54) is 11.1 Å². The van der Waals surface area contributed by atoms with Crippen molar-refractivity contribution >= 4 is 11.4 Å². The smallest absolute Gasteiger partial charge is 0.269 e. The third-order valence-electron chi connectivity index (χ3n) is 3.43. The molecule has 0 bridgehead atoms. The minimum atomic E-state index is -0.343. The van der Waals surface area contributed by atoms with Crippen LogP contribution in [0.2, 0.25) is 0 Å². The fourth-order valence-corrected chi connectivity index (χ4v) is 2.31. The molecule has 1 aliphatic heterocycles. The van der Waals surface area contributed by atoms with Crippen LogP contribution < -0.4 is 5.32 Å². The van der Waals surface area contributed by atoms with Gasteiger partial charge in [0.15, 0.2) is 0 Å². The van der Waals surface area contributed by atoms with Crippen LogP contribution in [0, 0.1) is 10.1 Å². The van der Waals surface area contributed by atoms with Gasteiger partial charge >= 0.3 is 0 Å². The van der Waals surface area contributed by atoms with Crippen molar-refractivity contribution in [1.29, 1.82) is 0 Å². The number of rotatable bonds is 4. The summed E-state index contributed by atoms with van der Waals surface area (Å²) >= 11 is 0. The average Bonchev–Trinajstić information content (AvgIpc) is 2.60. The number of nitro groups is 1. The van der Waals surface area contributed by atoms with E-state index in [9.17, 15) is 10.1 Å². The second kappa shape index (κ2) is 6.37. The van der Waals surface area contributed by atoms with Crippen molar-refractivity contribution < 1.29 is 4.92 Å². The summed E-state index contributed by atoms with van der Waals surface area (Å²) in [6.07, 6.45) is 7.28. The molecule has 0 saturated carbocycles. The number of nitro benzene ring substituents is 1. The standard InChI is InChI=1S/C16H20N2O2/c1-12(2)4-3-5-13-6-7-14-10-15(18(19)20)8-9-16(14)17-11-13/h4,6,8-10,17H,3,5,7,11H2,1-2H3. The molecule has 0 amide bonds. The van der Waals surface area contributed by atoms with Crippen molar-refractivity contribution in [1.82, 2.24) is 0 Å². The molecule has 4 nitrogen and oxygen atoms in total. The van der Waals surface area contributed by atoms with Gasteiger partial charge in [0, 0.05) is 24.4 Å². The summed E-state index contributed by atoms with van der Waals surface area (Å²) in [5.74, 6) is 0. The minimum Gasteiger partial charge on any atom is -0.381 e. The van der Waals surface area contributed by atoms with Gasteiger partial charge in [-0.2, -0.15) is 0 Å². The van der Waals surface area contributed by atoms with Gasteiger partial charge in [0.2, 0.25) is 0 Å². The van der Waals surface area contributed by atoms with E-state index in [0.29, 0.717) is 0 Å². The summed E-state index contributed by atoms with van der Waals surface area (Å²) in [4.78, 5) is 10.5. The van der Waals surface area contributed by atoms with Crippen LogP contribution in [0.25, 0.3) is 0 Å². The first-order chi connectivity index (χ1) is 9.56. The van der Waals surface area contributed by atoms with Gasteiger partial charge in [-0.1, -0.05) is 23.3 Å². The minimum absolute atomic E-state index is 0.159. The van der Waals surface area contributed by atoms with E-state index in [2.05, 4.69) is 31.3 Å². The maximum atomic E-state index is 10.8. The Morgan fingerprint density at radius 1 is 1.45 bits per heavy atom. The molecule has 1 N–H and O–H groups in total. The zero-order chi connectivity index (χ0) is 14.5. The highest BCUT2D eigenvalue weighted by molar-refractivity contribution is 5.58. The number of nitrogens with one attached hydrogen (secondary N) is 1. The highest BCUT2D eigenvalue weighted by Crippen LogP contribution is 2.26. The van der Waals surface area contributed by atoms with E-state index in [1.807, 2.05) is 0 Å². The maximum absolute atomic E-state index is 10.8. The number of anilines is 1. The summed E-state index contributed by atoms with van der Waals surface area (Å²) in [5, 5.41) is 14.2. The molecule has 1 heterocycles. The van der Waals surface area contributed by atoms with Gasteiger partial charge in [0.1, 0.15) is 0 Å². The predicted octanol–water partition coefficient (Wildman–Crippen LogP) is 4.24. The quantitative estimate of drug-likeness (QED) is 0.507. The lowest BCUT2D eigenvalue weighted by molar-refractivity contribution is -0.384. The number of benzene rings is 1. The molecule has 0 unspecified atom stereocenters. The molecule has 1 aromatic rings. The maximum Gasteiger partial charge on any atom is 0.269 e. The highest BCUT2D eigenvalue weighted by Gasteiger charge is 2.12. The number of hydrogen-bond donors (Lipinski definition) is 1. The first kappa shape index (κ1) is 14.3. The molecule has 4 heteroatoms. The monoisotopic (exact) mass is 272 g/mol. The number of nitrogens with zero attached hydrogens (tertiary/aromatic N) is 1. The summed E-state index contributed by atoms with van der Waals surface area (Å²) in [6.45, 7) is 5.03. The molecule has 0 radical (unpaired) electrons. The van der Waals surface area contributed by atoms with Gasteiger partial charge < -0.3 is 5.32 Å². The van der Waals surface area contributed by atoms with Gasteiger partial charge in [-0.25, -0.2) is 0 Å². The topological polar surface area (TPSA) is 55.2 Å². The van der Waals surface area contributed by atoms with E-state index in [0.717, 1.165) is 37.1 Å². The number of allylic oxidation sites excluding steroid dienone is 3. The van der Waals surface area contributed by atoms with Crippen LogP contribution in [0.15, 0.2) is 41.5 Å². The summed E-state index contributed by atoms with van der Waals surface area (Å²) in [6, 6.07) is 5.03. The Labute approximate surface area is 119 Å². The van der Waals surface area contributed by atoms with E-state index in [4.69, 9.17) is 0 Å². The van der Waals surface area contributed by atoms with Crippen LogP contribution in [0.1, 0.15) is 32.3 Å². The molecular formula is C16H20N2O2. The van der Waals surface area contributed by atoms with Gasteiger partial charge in [-0.3, -0.25) is 10.1 Å². The third kappa shape index (κ3) is 3.70. The van der Waals surface area contributed by atoms with Gasteiger partial charge in [0.25, 0.3) is 5.69 Å². The lowest BCUT2D eigenvalue weighted by atomic mass is 10.1. The van der Waals surface area contributed by atoms with Crippen LogP contribution in [-0.4, -0.2) is 11.5 Å². The van der Waals surface area contributed by atoms with E-state index >= 15 is 0 Å². The lowest BCUT2D eigenvalue weighted by Gasteiger charge is -2.08. The molecule has 0 atom stereocenters. The van der Waals surface area contributed by atoms with Crippen molar-refractivity contribution in [3.63, 3.8) is 0 Å². The fourth-order valence-electron chi connectivity index (χ4n) is 2.31. The predicted molar refractivity (Wildman–Crippen MR) is 82.0 cm³/mol. The fraction of sp³-hybridized carbons (Fsp3) is 0.375. The highest BCUT2D eigenvalue weighted by atomic mass is 16.6. The van der Waals surface area contributed by atoms with Gasteiger partial charge in [-0.05, 0) is 44.7 Å². The van der Waals surface area contributed by atoms with Crippen molar-refractivity contribution in [3.05, 3.63) is 57.2 Å². The van der Waals surface area contributed by atoms with Crippen molar-refractivity contribution in [3.8, 4) is 0 Å². The average molecular weight is 272 g/mol. The first-order valence-electron chi connectivity index (χ1n) is 6.88. The largest absolute Gasteiger partial charge is 0.381 e. The van der Waals surface area contributed by atoms with Gasteiger partial charge in [-0.15, -0.1) is 0 Å². The third-order valence-corrected chi connectivity index (χ3v) is 3.43. The zero-order valence-corrected chi connectivity index (χ0v) is 12.0. The Bertz CT molecular complexity index is 570. The summed E-state index contributed by atoms with van der Waals surface area (Å²) in [7, 11) is 0. The van der Waals surface area contributed by atoms with Crippen LogP contribution in [0.4, 0.5) is 11.4 Å². The van der Waals surface area contributed by atoms with E-state index < -0.39 is 0 Å². The molecule has 2 rings (SSSR count). The van der Waals surface area contributed by atoms with Crippen LogP contribution in [0.3, 0.4) is 0 Å². The Balaban J connectivity index is 2.07. The number of hydrogen-bond acceptors (Lipinski definition) is 3. The Morgan fingerprint density at radius 2 is 2.25 bits per heavy atom. The van der Waals surface area contributed by atoms with Crippen molar-refractivity contribution in [2.24, 2.45) is 0 Å². The molecular weight excluding hydrogens is 252 g/mol. The molecule has 0 saturated heterocycles. The molecule has 0 aliphatic carbocycles. The summed E-state index contributed by atoms with van der Waals surface area (Å²) < 4.78 is 0. The summed E-state index contributed by atoms with van der Waals surface area (Å²) in [5.41, 5.74) is 4.86. The molecule has 0 fully saturated rings. The van der Waals surface area contributed by atoms with Crippen LogP contribution >= 0.6 is 0 Å². The Morgan fingerprint density at radius 3 is 2.95 bits per heavy atom. The van der Waals surface area contributed by atoms with Gasteiger partial charge in [0.05, 0.1) is 4.92 Å². The molecule has 1 aliphatic rings. The lowest BCUT2D eigenvalue weighted by Crippen LogP contribution is -2.04. The molecule has 20 heavy (non-hydrogen) atoms. The second-order valence-corrected chi connectivity index (χ2v) is 5.34. The van der Waals surface area contributed by atoms with E-state index in [-0.39, 0.29) is 10.6 Å². The normalized spacial score (nSPS) is 13.6. The number of fused-ring (bicyclic) bond motifs is 1. The molecule has 1 aromatic carbocycles. The molecule has 0 spiro atoms. The van der Waals surface area contributed by atoms with Crippen molar-refractivity contribution in [2.45, 2.75) is 33.1 Å². The zero-order valence-electron chi connectivity index (χ0n) is 12.0.